The van der Waals surface area contributed by atoms with Gasteiger partial charge in [-0.1, -0.05) is 17.7 Å². The summed E-state index contributed by atoms with van der Waals surface area (Å²) in [6.07, 6.45) is 3.68. The molecule has 156 valence electrons. The smallest absolute Gasteiger partial charge is 0.243 e. The highest BCUT2D eigenvalue weighted by molar-refractivity contribution is 7.89. The Balaban J connectivity index is 1.42. The number of hydrogen-bond donors (Lipinski definition) is 0. The number of piperidine rings is 1. The van der Waals surface area contributed by atoms with Gasteiger partial charge in [0.15, 0.2) is 11.6 Å². The fourth-order valence-corrected chi connectivity index (χ4v) is 5.84. The molecule has 0 aliphatic carbocycles. The number of benzene rings is 1. The molecule has 0 N–H and O–H groups in total. The number of piperazine rings is 1. The fraction of sp³-hybridized carbons (Fsp3) is 0.500. The monoisotopic (exact) mass is 435 g/mol. The van der Waals surface area contributed by atoms with Gasteiger partial charge in [0, 0.05) is 44.3 Å². The quantitative estimate of drug-likeness (QED) is 0.735. The number of aromatic nitrogens is 2. The average molecular weight is 436 g/mol. The van der Waals surface area contributed by atoms with E-state index in [4.69, 9.17) is 11.6 Å². The van der Waals surface area contributed by atoms with Gasteiger partial charge in [0.2, 0.25) is 10.0 Å². The van der Waals surface area contributed by atoms with E-state index < -0.39 is 10.0 Å². The highest BCUT2D eigenvalue weighted by atomic mass is 35.5. The molecule has 2 saturated heterocycles. The SMILES string of the molecule is Cc1c(Cl)cccc1S(=O)(=O)N1CCN(c2ccc(N3CCCCC3)nn2)CC1. The zero-order chi connectivity index (χ0) is 20.4. The number of sulfonamides is 1. The van der Waals surface area contributed by atoms with Crippen molar-refractivity contribution in [1.29, 1.82) is 0 Å². The molecule has 0 unspecified atom stereocenters. The molecule has 0 amide bonds. The lowest BCUT2D eigenvalue weighted by Gasteiger charge is -2.35. The largest absolute Gasteiger partial charge is 0.355 e. The van der Waals surface area contributed by atoms with Gasteiger partial charge in [0.1, 0.15) is 0 Å². The number of rotatable bonds is 4. The van der Waals surface area contributed by atoms with E-state index in [2.05, 4.69) is 20.0 Å². The van der Waals surface area contributed by atoms with E-state index in [0.29, 0.717) is 36.8 Å². The lowest BCUT2D eigenvalue weighted by Crippen LogP contribution is -2.49. The van der Waals surface area contributed by atoms with Gasteiger partial charge in [-0.3, -0.25) is 0 Å². The minimum atomic E-state index is -3.56. The van der Waals surface area contributed by atoms with Crippen molar-refractivity contribution in [2.24, 2.45) is 0 Å². The van der Waals surface area contributed by atoms with Gasteiger partial charge in [-0.15, -0.1) is 10.2 Å². The Morgan fingerprint density at radius 3 is 2.00 bits per heavy atom. The second-order valence-electron chi connectivity index (χ2n) is 7.55. The maximum atomic E-state index is 13.0. The van der Waals surface area contributed by atoms with Crippen LogP contribution in [0, 0.1) is 6.92 Å². The molecular formula is C20H26ClN5O2S. The van der Waals surface area contributed by atoms with Crippen LogP contribution >= 0.6 is 11.6 Å². The molecule has 2 aliphatic heterocycles. The van der Waals surface area contributed by atoms with Crippen LogP contribution in [-0.2, 0) is 10.0 Å². The second-order valence-corrected chi connectivity index (χ2v) is 9.87. The maximum absolute atomic E-state index is 13.0. The Hall–Kier alpha value is -1.90. The van der Waals surface area contributed by atoms with E-state index >= 15 is 0 Å². The van der Waals surface area contributed by atoms with Crippen molar-refractivity contribution in [2.45, 2.75) is 31.1 Å². The number of halogens is 1. The Labute approximate surface area is 177 Å². The van der Waals surface area contributed by atoms with E-state index in [0.717, 1.165) is 24.7 Å². The second kappa shape index (κ2) is 8.45. The van der Waals surface area contributed by atoms with Crippen LogP contribution in [0.4, 0.5) is 11.6 Å². The molecule has 0 radical (unpaired) electrons. The third-order valence-corrected chi connectivity index (χ3v) is 8.17. The molecule has 4 rings (SSSR count). The predicted molar refractivity (Wildman–Crippen MR) is 115 cm³/mol. The Morgan fingerprint density at radius 2 is 1.41 bits per heavy atom. The van der Waals surface area contributed by atoms with Gasteiger partial charge in [-0.25, -0.2) is 8.42 Å². The van der Waals surface area contributed by atoms with Gasteiger partial charge in [0.05, 0.1) is 4.90 Å². The van der Waals surface area contributed by atoms with Crippen molar-refractivity contribution in [3.63, 3.8) is 0 Å². The summed E-state index contributed by atoms with van der Waals surface area (Å²) in [4.78, 5) is 4.64. The third-order valence-electron chi connectivity index (χ3n) is 5.71. The highest BCUT2D eigenvalue weighted by Crippen LogP contribution is 2.27. The normalized spacial score (nSPS) is 18.8. The lowest BCUT2D eigenvalue weighted by atomic mass is 10.1. The molecule has 2 aromatic rings. The molecule has 0 saturated carbocycles. The van der Waals surface area contributed by atoms with Gasteiger partial charge < -0.3 is 9.80 Å². The first-order chi connectivity index (χ1) is 14.0. The van der Waals surface area contributed by atoms with Crippen molar-refractivity contribution >= 4 is 33.3 Å². The standard InChI is InChI=1S/C20H26ClN5O2S/c1-16-17(21)6-5-7-18(16)29(27,28)26-14-12-25(13-15-26)20-9-8-19(22-23-20)24-10-3-2-4-11-24/h5-9H,2-4,10-15H2,1H3. The highest BCUT2D eigenvalue weighted by Gasteiger charge is 2.30. The topological polar surface area (TPSA) is 69.6 Å². The summed E-state index contributed by atoms with van der Waals surface area (Å²) in [5.41, 5.74) is 0.593. The maximum Gasteiger partial charge on any atom is 0.243 e. The van der Waals surface area contributed by atoms with Gasteiger partial charge in [-0.05, 0) is 56.0 Å². The zero-order valence-electron chi connectivity index (χ0n) is 16.6. The molecule has 2 fully saturated rings. The molecular weight excluding hydrogens is 410 g/mol. The Morgan fingerprint density at radius 1 is 0.828 bits per heavy atom. The molecule has 29 heavy (non-hydrogen) atoms. The summed E-state index contributed by atoms with van der Waals surface area (Å²) >= 11 is 6.12. The van der Waals surface area contributed by atoms with E-state index in [9.17, 15) is 8.42 Å². The summed E-state index contributed by atoms with van der Waals surface area (Å²) < 4.78 is 27.6. The molecule has 1 aromatic carbocycles. The minimum Gasteiger partial charge on any atom is -0.355 e. The van der Waals surface area contributed by atoms with Crippen LogP contribution in [0.15, 0.2) is 35.2 Å². The van der Waals surface area contributed by atoms with Crippen molar-refractivity contribution in [3.05, 3.63) is 40.9 Å². The molecule has 3 heterocycles. The first-order valence-corrected chi connectivity index (χ1v) is 11.9. The molecule has 0 bridgehead atoms. The first kappa shape index (κ1) is 20.4. The first-order valence-electron chi connectivity index (χ1n) is 10.1. The third kappa shape index (κ3) is 4.20. The van der Waals surface area contributed by atoms with E-state index in [1.807, 2.05) is 12.1 Å². The van der Waals surface area contributed by atoms with Crippen molar-refractivity contribution < 1.29 is 8.42 Å². The van der Waals surface area contributed by atoms with Crippen LogP contribution in [0.1, 0.15) is 24.8 Å². The predicted octanol–water partition coefficient (Wildman–Crippen LogP) is 2.94. The number of nitrogens with zero attached hydrogens (tertiary/aromatic N) is 5. The van der Waals surface area contributed by atoms with E-state index in [-0.39, 0.29) is 4.90 Å². The van der Waals surface area contributed by atoms with Gasteiger partial charge in [-0.2, -0.15) is 4.31 Å². The van der Waals surface area contributed by atoms with E-state index in [1.165, 1.54) is 23.6 Å². The number of anilines is 2. The molecule has 2 aliphatic rings. The van der Waals surface area contributed by atoms with Gasteiger partial charge in [0.25, 0.3) is 0 Å². The average Bonchev–Trinajstić information content (AvgIpc) is 2.76. The molecule has 1 aromatic heterocycles. The Kier molecular flexibility index (Phi) is 5.94. The van der Waals surface area contributed by atoms with Crippen molar-refractivity contribution in [1.82, 2.24) is 14.5 Å². The van der Waals surface area contributed by atoms with Crippen LogP contribution in [-0.4, -0.2) is 62.2 Å². The van der Waals surface area contributed by atoms with Crippen LogP contribution in [0.25, 0.3) is 0 Å². The van der Waals surface area contributed by atoms with Crippen molar-refractivity contribution in [3.8, 4) is 0 Å². The minimum absolute atomic E-state index is 0.282. The summed E-state index contributed by atoms with van der Waals surface area (Å²) in [7, 11) is -3.56. The van der Waals surface area contributed by atoms with Crippen LogP contribution in [0.5, 0.6) is 0 Å². The molecule has 7 nitrogen and oxygen atoms in total. The van der Waals surface area contributed by atoms with Crippen LogP contribution < -0.4 is 9.80 Å². The van der Waals surface area contributed by atoms with Crippen molar-refractivity contribution in [2.75, 3.05) is 49.1 Å². The summed E-state index contributed by atoms with van der Waals surface area (Å²) in [5.74, 6) is 1.72. The molecule has 9 heteroatoms. The molecule has 0 atom stereocenters. The van der Waals surface area contributed by atoms with Gasteiger partial charge >= 0.3 is 0 Å². The van der Waals surface area contributed by atoms with E-state index in [1.54, 1.807) is 25.1 Å². The van der Waals surface area contributed by atoms with Crippen LogP contribution in [0.3, 0.4) is 0 Å². The summed E-state index contributed by atoms with van der Waals surface area (Å²) in [6, 6.07) is 9.01. The Bertz CT molecular complexity index is 953. The fourth-order valence-electron chi connectivity index (χ4n) is 3.94. The summed E-state index contributed by atoms with van der Waals surface area (Å²) in [6.45, 7) is 5.78. The van der Waals surface area contributed by atoms with Crippen LogP contribution in [0.2, 0.25) is 5.02 Å². The zero-order valence-corrected chi connectivity index (χ0v) is 18.2. The molecule has 0 spiro atoms. The lowest BCUT2D eigenvalue weighted by molar-refractivity contribution is 0.383. The summed E-state index contributed by atoms with van der Waals surface area (Å²) in [5, 5.41) is 9.27. The number of hydrogen-bond acceptors (Lipinski definition) is 6.